The van der Waals surface area contributed by atoms with E-state index in [-0.39, 0.29) is 5.91 Å². The second-order valence-corrected chi connectivity index (χ2v) is 8.55. The van der Waals surface area contributed by atoms with Gasteiger partial charge in [0, 0.05) is 25.1 Å². The maximum absolute atomic E-state index is 12.4. The number of nitrogens with zero attached hydrogens (tertiary/aromatic N) is 5. The topological polar surface area (TPSA) is 75.9 Å². The summed E-state index contributed by atoms with van der Waals surface area (Å²) in [7, 11) is 4.13. The third-order valence-corrected chi connectivity index (χ3v) is 5.50. The number of benzene rings is 3. The largest absolute Gasteiger partial charge is 0.352 e. The van der Waals surface area contributed by atoms with Gasteiger partial charge in [0.25, 0.3) is 0 Å². The molecule has 34 heavy (non-hydrogen) atoms. The number of amides is 1. The zero-order chi connectivity index (χ0) is 23.8. The summed E-state index contributed by atoms with van der Waals surface area (Å²) in [6.07, 6.45) is 1.05. The van der Waals surface area contributed by atoms with Crippen molar-refractivity contribution in [3.8, 4) is 22.5 Å². The van der Waals surface area contributed by atoms with Gasteiger partial charge >= 0.3 is 0 Å². The summed E-state index contributed by atoms with van der Waals surface area (Å²) in [6.45, 7) is 1.95. The predicted molar refractivity (Wildman–Crippen MR) is 134 cm³/mol. The Morgan fingerprint density at radius 3 is 2.41 bits per heavy atom. The molecule has 1 aromatic heterocycles. The Bertz CT molecular complexity index is 1200. The first kappa shape index (κ1) is 23.3. The normalized spacial score (nSPS) is 11.0. The lowest BCUT2D eigenvalue weighted by atomic mass is 9.98. The van der Waals surface area contributed by atoms with Crippen LogP contribution in [0.2, 0.25) is 0 Å². The molecule has 0 spiro atoms. The van der Waals surface area contributed by atoms with Gasteiger partial charge in [-0.05, 0) is 48.0 Å². The Kier molecular flexibility index (Phi) is 7.78. The lowest BCUT2D eigenvalue weighted by Crippen LogP contribution is -2.23. The van der Waals surface area contributed by atoms with E-state index in [2.05, 4.69) is 76.1 Å². The average molecular weight is 455 g/mol. The van der Waals surface area contributed by atoms with Crippen LogP contribution in [0.3, 0.4) is 0 Å². The van der Waals surface area contributed by atoms with Gasteiger partial charge < -0.3 is 10.2 Å². The fraction of sp³-hybridized carbons (Fsp3) is 0.259. The molecule has 0 saturated carbocycles. The molecule has 7 heteroatoms. The van der Waals surface area contributed by atoms with Crippen molar-refractivity contribution in [2.45, 2.75) is 32.5 Å². The highest BCUT2D eigenvalue weighted by Gasteiger charge is 2.09. The first-order chi connectivity index (χ1) is 16.6. The van der Waals surface area contributed by atoms with Crippen molar-refractivity contribution in [3.63, 3.8) is 0 Å². The number of hydrogen-bond acceptors (Lipinski definition) is 5. The van der Waals surface area contributed by atoms with Gasteiger partial charge in [0.15, 0.2) is 0 Å². The minimum atomic E-state index is 0.0135. The van der Waals surface area contributed by atoms with Gasteiger partial charge in [-0.2, -0.15) is 4.80 Å². The van der Waals surface area contributed by atoms with E-state index in [4.69, 9.17) is 0 Å². The standard InChI is InChI=1S/C27H30N6O/c1-32(2)20-21-14-16-22(17-15-21)25-12-7-6-11-24(25)19-28-26(34)13-8-18-33-30-27(29-31-33)23-9-4-3-5-10-23/h3-7,9-12,14-17H,8,13,18-20H2,1-2H3,(H,28,34). The van der Waals surface area contributed by atoms with Crippen LogP contribution < -0.4 is 5.32 Å². The molecule has 1 heterocycles. The Balaban J connectivity index is 1.28. The van der Waals surface area contributed by atoms with E-state index in [1.165, 1.54) is 5.56 Å². The minimum Gasteiger partial charge on any atom is -0.352 e. The van der Waals surface area contributed by atoms with Crippen LogP contribution in [0, 0.1) is 0 Å². The Hall–Kier alpha value is -3.84. The van der Waals surface area contributed by atoms with Gasteiger partial charge in [-0.15, -0.1) is 10.2 Å². The molecule has 0 radical (unpaired) electrons. The molecule has 1 amide bonds. The molecule has 1 N–H and O–H groups in total. The fourth-order valence-corrected chi connectivity index (χ4v) is 3.81. The Morgan fingerprint density at radius 1 is 0.912 bits per heavy atom. The lowest BCUT2D eigenvalue weighted by molar-refractivity contribution is -0.121. The number of aryl methyl sites for hydroxylation is 1. The molecule has 4 rings (SSSR count). The van der Waals surface area contributed by atoms with E-state index in [1.807, 2.05) is 42.5 Å². The third kappa shape index (κ3) is 6.36. The van der Waals surface area contributed by atoms with Crippen LogP contribution in [0.25, 0.3) is 22.5 Å². The van der Waals surface area contributed by atoms with Crippen molar-refractivity contribution in [2.24, 2.45) is 0 Å². The molecule has 174 valence electrons. The summed E-state index contributed by atoms with van der Waals surface area (Å²) in [5, 5.41) is 15.6. The van der Waals surface area contributed by atoms with E-state index in [0.29, 0.717) is 31.8 Å². The summed E-state index contributed by atoms with van der Waals surface area (Å²) in [6, 6.07) is 26.5. The molecular weight excluding hydrogens is 424 g/mol. The number of nitrogens with one attached hydrogen (secondary N) is 1. The van der Waals surface area contributed by atoms with Crippen LogP contribution in [-0.2, 0) is 24.4 Å². The van der Waals surface area contributed by atoms with Crippen molar-refractivity contribution in [1.82, 2.24) is 30.4 Å². The molecule has 0 aliphatic rings. The van der Waals surface area contributed by atoms with Gasteiger partial charge in [-0.3, -0.25) is 4.79 Å². The van der Waals surface area contributed by atoms with Gasteiger partial charge in [-0.1, -0.05) is 78.9 Å². The quantitative estimate of drug-likeness (QED) is 0.389. The summed E-state index contributed by atoms with van der Waals surface area (Å²) in [4.78, 5) is 16.1. The van der Waals surface area contributed by atoms with Crippen molar-refractivity contribution < 1.29 is 4.79 Å². The number of carbonyl (C=O) groups excluding carboxylic acids is 1. The lowest BCUT2D eigenvalue weighted by Gasteiger charge is -2.13. The third-order valence-electron chi connectivity index (χ3n) is 5.50. The number of rotatable bonds is 10. The summed E-state index contributed by atoms with van der Waals surface area (Å²) >= 11 is 0. The van der Waals surface area contributed by atoms with Crippen LogP contribution in [0.5, 0.6) is 0 Å². The SMILES string of the molecule is CN(C)Cc1ccc(-c2ccccc2CNC(=O)CCCn2nnc(-c3ccccc3)n2)cc1. The van der Waals surface area contributed by atoms with Crippen molar-refractivity contribution >= 4 is 5.91 Å². The molecule has 0 unspecified atom stereocenters. The zero-order valence-electron chi connectivity index (χ0n) is 19.7. The van der Waals surface area contributed by atoms with Crippen LogP contribution in [-0.4, -0.2) is 45.1 Å². The number of carbonyl (C=O) groups is 1. The molecular formula is C27H30N6O. The first-order valence-corrected chi connectivity index (χ1v) is 11.5. The van der Waals surface area contributed by atoms with Gasteiger partial charge in [0.05, 0.1) is 6.54 Å². The summed E-state index contributed by atoms with van der Waals surface area (Å²) in [5.74, 6) is 0.607. The maximum atomic E-state index is 12.4. The average Bonchev–Trinajstić information content (AvgIpc) is 3.33. The maximum Gasteiger partial charge on any atom is 0.220 e. The van der Waals surface area contributed by atoms with E-state index in [1.54, 1.807) is 4.80 Å². The van der Waals surface area contributed by atoms with Gasteiger partial charge in [-0.25, -0.2) is 0 Å². The Labute approximate surface area is 200 Å². The molecule has 7 nitrogen and oxygen atoms in total. The molecule has 0 bridgehead atoms. The molecule has 0 aliphatic carbocycles. The predicted octanol–water partition coefficient (Wildman–Crippen LogP) is 4.17. The Morgan fingerprint density at radius 2 is 1.65 bits per heavy atom. The zero-order valence-corrected chi connectivity index (χ0v) is 19.7. The van der Waals surface area contributed by atoms with Crippen molar-refractivity contribution in [1.29, 1.82) is 0 Å². The second-order valence-electron chi connectivity index (χ2n) is 8.55. The van der Waals surface area contributed by atoms with Gasteiger partial charge in [0.2, 0.25) is 11.7 Å². The van der Waals surface area contributed by atoms with Crippen LogP contribution in [0.4, 0.5) is 0 Å². The van der Waals surface area contributed by atoms with Crippen LogP contribution in [0.15, 0.2) is 78.9 Å². The molecule has 4 aromatic rings. The van der Waals surface area contributed by atoms with E-state index >= 15 is 0 Å². The fourth-order valence-electron chi connectivity index (χ4n) is 3.81. The molecule has 0 fully saturated rings. The monoisotopic (exact) mass is 454 g/mol. The number of hydrogen-bond donors (Lipinski definition) is 1. The van der Waals surface area contributed by atoms with E-state index in [0.717, 1.165) is 28.8 Å². The highest BCUT2D eigenvalue weighted by Crippen LogP contribution is 2.24. The number of tetrazole rings is 1. The summed E-state index contributed by atoms with van der Waals surface area (Å²) in [5.41, 5.74) is 5.59. The van der Waals surface area contributed by atoms with E-state index < -0.39 is 0 Å². The first-order valence-electron chi connectivity index (χ1n) is 11.5. The number of aromatic nitrogens is 4. The molecule has 0 aliphatic heterocycles. The van der Waals surface area contributed by atoms with Crippen LogP contribution in [0.1, 0.15) is 24.0 Å². The molecule has 3 aromatic carbocycles. The smallest absolute Gasteiger partial charge is 0.220 e. The molecule has 0 saturated heterocycles. The van der Waals surface area contributed by atoms with Crippen molar-refractivity contribution in [3.05, 3.63) is 90.0 Å². The van der Waals surface area contributed by atoms with E-state index in [9.17, 15) is 4.79 Å². The highest BCUT2D eigenvalue weighted by molar-refractivity contribution is 5.76. The summed E-state index contributed by atoms with van der Waals surface area (Å²) < 4.78 is 0. The van der Waals surface area contributed by atoms with Crippen LogP contribution >= 0.6 is 0 Å². The minimum absolute atomic E-state index is 0.0135. The highest BCUT2D eigenvalue weighted by atomic mass is 16.1. The second kappa shape index (κ2) is 11.3. The molecule has 0 atom stereocenters. The van der Waals surface area contributed by atoms with Gasteiger partial charge in [0.1, 0.15) is 0 Å². The van der Waals surface area contributed by atoms with Crippen molar-refractivity contribution in [2.75, 3.05) is 14.1 Å².